The summed E-state index contributed by atoms with van der Waals surface area (Å²) in [6, 6.07) is 5.49. The van der Waals surface area contributed by atoms with Gasteiger partial charge in [-0.2, -0.15) is 5.10 Å². The van der Waals surface area contributed by atoms with Crippen molar-refractivity contribution in [3.8, 4) is 17.1 Å². The molecule has 2 aromatic heterocycles. The van der Waals surface area contributed by atoms with Crippen LogP contribution in [0.2, 0.25) is 0 Å². The summed E-state index contributed by atoms with van der Waals surface area (Å²) in [6.45, 7) is 7.75. The fourth-order valence-electron chi connectivity index (χ4n) is 3.52. The van der Waals surface area contributed by atoms with Crippen molar-refractivity contribution in [1.82, 2.24) is 19.7 Å². The van der Waals surface area contributed by atoms with Crippen LogP contribution in [0.4, 0.5) is 0 Å². The third-order valence-corrected chi connectivity index (χ3v) is 5.07. The van der Waals surface area contributed by atoms with Gasteiger partial charge >= 0.3 is 5.97 Å². The summed E-state index contributed by atoms with van der Waals surface area (Å²) in [7, 11) is 1.73. The van der Waals surface area contributed by atoms with Gasteiger partial charge in [0.1, 0.15) is 17.1 Å². The summed E-state index contributed by atoms with van der Waals surface area (Å²) < 4.78 is 7.32. The number of aryl methyl sites for hydroxylation is 2. The second-order valence-electron chi connectivity index (χ2n) is 8.06. The van der Waals surface area contributed by atoms with E-state index in [0.717, 1.165) is 24.1 Å². The lowest BCUT2D eigenvalue weighted by Crippen LogP contribution is -2.26. The Bertz CT molecular complexity index is 1140. The van der Waals surface area contributed by atoms with Crippen molar-refractivity contribution < 1.29 is 14.6 Å². The zero-order valence-corrected chi connectivity index (χ0v) is 18.1. The molecule has 0 atom stereocenters. The van der Waals surface area contributed by atoms with Crippen LogP contribution in [0.15, 0.2) is 23.0 Å². The minimum Gasteiger partial charge on any atom is -0.493 e. The number of aromatic amines is 1. The van der Waals surface area contributed by atoms with Crippen LogP contribution in [0, 0.1) is 5.41 Å². The Morgan fingerprint density at radius 3 is 2.67 bits per heavy atom. The first-order valence-electron chi connectivity index (χ1n) is 10.1. The molecular weight excluding hydrogens is 384 g/mol. The molecule has 0 amide bonds. The maximum absolute atomic E-state index is 12.8. The van der Waals surface area contributed by atoms with Crippen LogP contribution < -0.4 is 10.3 Å². The molecule has 2 N–H and O–H groups in total. The van der Waals surface area contributed by atoms with E-state index in [9.17, 15) is 14.7 Å². The van der Waals surface area contributed by atoms with Crippen molar-refractivity contribution in [2.24, 2.45) is 12.5 Å². The van der Waals surface area contributed by atoms with Gasteiger partial charge in [-0.3, -0.25) is 14.3 Å². The molecule has 0 saturated heterocycles. The minimum atomic E-state index is -0.924. The van der Waals surface area contributed by atoms with Gasteiger partial charge in [0, 0.05) is 7.05 Å². The van der Waals surface area contributed by atoms with Gasteiger partial charge in [-0.25, -0.2) is 4.98 Å². The third-order valence-electron chi connectivity index (χ3n) is 5.07. The molecule has 1 aromatic carbocycles. The van der Waals surface area contributed by atoms with Crippen LogP contribution in [0.1, 0.15) is 45.4 Å². The van der Waals surface area contributed by atoms with E-state index in [1.165, 1.54) is 0 Å². The third kappa shape index (κ3) is 4.08. The molecule has 8 nitrogen and oxygen atoms in total. The second kappa shape index (κ2) is 8.30. The highest BCUT2D eigenvalue weighted by Crippen LogP contribution is 2.32. The first-order chi connectivity index (χ1) is 14.2. The molecule has 3 rings (SSSR count). The van der Waals surface area contributed by atoms with E-state index in [2.05, 4.69) is 17.0 Å². The summed E-state index contributed by atoms with van der Waals surface area (Å²) in [4.78, 5) is 31.9. The lowest BCUT2D eigenvalue weighted by atomic mass is 9.85. The molecule has 0 aliphatic heterocycles. The first-order valence-corrected chi connectivity index (χ1v) is 10.1. The van der Waals surface area contributed by atoms with Crippen molar-refractivity contribution in [1.29, 1.82) is 0 Å². The van der Waals surface area contributed by atoms with E-state index in [1.54, 1.807) is 31.6 Å². The lowest BCUT2D eigenvalue weighted by Gasteiger charge is -2.20. The smallest absolute Gasteiger partial charge is 0.309 e. The van der Waals surface area contributed by atoms with Crippen molar-refractivity contribution in [3.63, 3.8) is 0 Å². The molecule has 0 aliphatic rings. The topological polar surface area (TPSA) is 110 Å². The lowest BCUT2D eigenvalue weighted by molar-refractivity contribution is -0.146. The number of H-pyrrole nitrogens is 1. The molecule has 0 radical (unpaired) electrons. The Kier molecular flexibility index (Phi) is 5.96. The maximum atomic E-state index is 12.8. The number of nitrogens with zero attached hydrogens (tertiary/aromatic N) is 3. The van der Waals surface area contributed by atoms with E-state index in [4.69, 9.17) is 9.72 Å². The zero-order valence-electron chi connectivity index (χ0n) is 18.1. The molecule has 0 saturated carbocycles. The van der Waals surface area contributed by atoms with Crippen LogP contribution in [-0.4, -0.2) is 37.4 Å². The van der Waals surface area contributed by atoms with Crippen LogP contribution in [0.25, 0.3) is 22.4 Å². The number of benzene rings is 1. The molecule has 0 fully saturated rings. The number of carbonyl (C=O) groups is 1. The number of rotatable bonds is 8. The fraction of sp³-hybridized carbons (Fsp3) is 0.455. The largest absolute Gasteiger partial charge is 0.493 e. The normalized spacial score (nSPS) is 11.8. The quantitative estimate of drug-likeness (QED) is 0.587. The van der Waals surface area contributed by atoms with Crippen molar-refractivity contribution in [2.45, 2.75) is 47.0 Å². The fourth-order valence-corrected chi connectivity index (χ4v) is 3.52. The van der Waals surface area contributed by atoms with Crippen molar-refractivity contribution >= 4 is 17.0 Å². The van der Waals surface area contributed by atoms with Crippen LogP contribution >= 0.6 is 0 Å². The number of carboxylic acids is 1. The van der Waals surface area contributed by atoms with Gasteiger partial charge in [0.25, 0.3) is 5.56 Å². The van der Waals surface area contributed by atoms with Gasteiger partial charge < -0.3 is 14.8 Å². The van der Waals surface area contributed by atoms with Crippen molar-refractivity contribution in [3.05, 3.63) is 39.8 Å². The van der Waals surface area contributed by atoms with Gasteiger partial charge in [-0.1, -0.05) is 19.4 Å². The molecule has 0 aliphatic carbocycles. The minimum absolute atomic E-state index is 0.272. The first kappa shape index (κ1) is 21.5. The summed E-state index contributed by atoms with van der Waals surface area (Å²) in [5.41, 5.74) is 2.05. The molecule has 0 spiro atoms. The van der Waals surface area contributed by atoms with E-state index in [0.29, 0.717) is 41.2 Å². The molecule has 160 valence electrons. The molecule has 3 aromatic rings. The standard InChI is InChI=1S/C22H28N4O4/c1-6-8-15-17-18(26(5)25-15)20(27)24-19(23-17)14-11-13(9-10-16(14)30-7-2)12-22(3,4)21(28)29/h9-11H,6-8,12H2,1-5H3,(H,28,29)(H,23,24,27). The Morgan fingerprint density at radius 1 is 1.30 bits per heavy atom. The summed E-state index contributed by atoms with van der Waals surface area (Å²) in [6.07, 6.45) is 1.94. The number of hydrogen-bond donors (Lipinski definition) is 2. The Balaban J connectivity index is 2.18. The van der Waals surface area contributed by atoms with Crippen LogP contribution in [0.3, 0.4) is 0 Å². The van der Waals surface area contributed by atoms with E-state index in [1.807, 2.05) is 19.1 Å². The number of aliphatic carboxylic acids is 1. The van der Waals surface area contributed by atoms with Gasteiger partial charge in [0.15, 0.2) is 5.52 Å². The Hall–Kier alpha value is -3.16. The highest BCUT2D eigenvalue weighted by Gasteiger charge is 2.28. The summed E-state index contributed by atoms with van der Waals surface area (Å²) in [5.74, 6) is 0.0968. The summed E-state index contributed by atoms with van der Waals surface area (Å²) >= 11 is 0. The SMILES string of the molecule is CCCc1nn(C)c2c(=O)[nH]c(-c3cc(CC(C)(C)C(=O)O)ccc3OCC)nc12. The number of carboxylic acid groups (broad SMARTS) is 1. The van der Waals surface area contributed by atoms with Gasteiger partial charge in [0.2, 0.25) is 0 Å². The number of aromatic nitrogens is 4. The number of nitrogens with one attached hydrogen (secondary N) is 1. The Morgan fingerprint density at radius 2 is 2.03 bits per heavy atom. The van der Waals surface area contributed by atoms with E-state index >= 15 is 0 Å². The summed E-state index contributed by atoms with van der Waals surface area (Å²) in [5, 5.41) is 13.9. The predicted octanol–water partition coefficient (Wildman–Crippen LogP) is 3.33. The molecular formula is C22H28N4O4. The molecule has 2 heterocycles. The van der Waals surface area contributed by atoms with Gasteiger partial charge in [0.05, 0.1) is 23.3 Å². The average Bonchev–Trinajstić information content (AvgIpc) is 2.99. The van der Waals surface area contributed by atoms with Gasteiger partial charge in [-0.15, -0.1) is 0 Å². The molecule has 0 unspecified atom stereocenters. The highest BCUT2D eigenvalue weighted by molar-refractivity contribution is 5.80. The highest BCUT2D eigenvalue weighted by atomic mass is 16.5. The number of ether oxygens (including phenoxy) is 1. The maximum Gasteiger partial charge on any atom is 0.309 e. The van der Waals surface area contributed by atoms with Crippen molar-refractivity contribution in [2.75, 3.05) is 6.61 Å². The van der Waals surface area contributed by atoms with Crippen LogP contribution in [0.5, 0.6) is 5.75 Å². The van der Waals surface area contributed by atoms with E-state index < -0.39 is 11.4 Å². The predicted molar refractivity (Wildman–Crippen MR) is 115 cm³/mol. The molecule has 0 bridgehead atoms. The average molecular weight is 412 g/mol. The second-order valence-corrected chi connectivity index (χ2v) is 8.06. The number of hydrogen-bond acceptors (Lipinski definition) is 5. The van der Waals surface area contributed by atoms with Crippen LogP contribution in [-0.2, 0) is 24.7 Å². The monoisotopic (exact) mass is 412 g/mol. The van der Waals surface area contributed by atoms with Gasteiger partial charge in [-0.05, 0) is 51.3 Å². The number of fused-ring (bicyclic) bond motifs is 1. The molecule has 8 heteroatoms. The molecule has 30 heavy (non-hydrogen) atoms. The van der Waals surface area contributed by atoms with E-state index in [-0.39, 0.29) is 5.56 Å². The Labute approximate surface area is 174 Å². The zero-order chi connectivity index (χ0) is 22.1.